The molecule has 0 saturated carbocycles. The van der Waals surface area contributed by atoms with Crippen LogP contribution in [0.2, 0.25) is 5.02 Å². The van der Waals surface area contributed by atoms with Gasteiger partial charge in [-0.1, -0.05) is 73.1 Å². The van der Waals surface area contributed by atoms with Crippen LogP contribution in [0, 0.1) is 0 Å². The lowest BCUT2D eigenvalue weighted by Crippen LogP contribution is -2.36. The lowest BCUT2D eigenvalue weighted by molar-refractivity contribution is 0.311. The van der Waals surface area contributed by atoms with Crippen LogP contribution in [0.4, 0.5) is 0 Å². The Morgan fingerprint density at radius 1 is 0.488 bits per heavy atom. The summed E-state index contributed by atoms with van der Waals surface area (Å²) in [7, 11) is 0. The first-order chi connectivity index (χ1) is 19.2. The maximum Gasteiger partial charge on any atom is 0.200 e. The quantitative estimate of drug-likeness (QED) is 0.255. The van der Waals surface area contributed by atoms with Crippen molar-refractivity contribution in [2.24, 2.45) is 0 Å². The average Bonchev–Trinajstić information content (AvgIpc) is 2.93. The van der Waals surface area contributed by atoms with Gasteiger partial charge >= 0.3 is 0 Å². The molecular weight excluding hydrogens is 532 g/mol. The number of hydrogen-bond acceptors (Lipinski definition) is 8. The Labute approximate surface area is 246 Å². The first-order valence-electron chi connectivity index (χ1n) is 14.3. The van der Waals surface area contributed by atoms with E-state index in [1.54, 1.807) is 12.1 Å². The van der Waals surface area contributed by atoms with Crippen LogP contribution in [-0.2, 0) is 21.7 Å². The van der Waals surface area contributed by atoms with Gasteiger partial charge in [0.2, 0.25) is 11.6 Å². The molecule has 0 spiro atoms. The van der Waals surface area contributed by atoms with Gasteiger partial charge in [0.1, 0.15) is 11.4 Å². The van der Waals surface area contributed by atoms with E-state index in [9.17, 15) is 0 Å². The molecule has 0 fully saturated rings. The molecule has 0 aromatic carbocycles. The molecule has 41 heavy (non-hydrogen) atoms. The molecule has 0 bridgehead atoms. The predicted octanol–water partition coefficient (Wildman–Crippen LogP) is 7.20. The molecular formula is C32H37ClN8. The topological polar surface area (TPSA) is 103 Å². The summed E-state index contributed by atoms with van der Waals surface area (Å²) in [5.41, 5.74) is 6.06. The third kappa shape index (κ3) is 4.90. The molecule has 0 saturated heterocycles. The van der Waals surface area contributed by atoms with Gasteiger partial charge in [-0.15, -0.1) is 10.2 Å². The molecule has 0 radical (unpaired) electrons. The molecule has 0 N–H and O–H groups in total. The highest BCUT2D eigenvalue weighted by atomic mass is 35.5. The molecule has 8 nitrogen and oxygen atoms in total. The smallest absolute Gasteiger partial charge is 0.200 e. The number of nitrogens with zero attached hydrogens (tertiary/aromatic N) is 8. The van der Waals surface area contributed by atoms with Crippen molar-refractivity contribution in [3.8, 4) is 34.4 Å². The van der Waals surface area contributed by atoms with Gasteiger partial charge in [-0.3, -0.25) is 0 Å². The van der Waals surface area contributed by atoms with Crippen LogP contribution in [0.15, 0.2) is 30.3 Å². The van der Waals surface area contributed by atoms with E-state index in [2.05, 4.69) is 75.8 Å². The summed E-state index contributed by atoms with van der Waals surface area (Å²) in [6.45, 7) is 17.7. The van der Waals surface area contributed by atoms with Crippen molar-refractivity contribution < 1.29 is 0 Å². The summed E-state index contributed by atoms with van der Waals surface area (Å²) in [5, 5.41) is 18.8. The second-order valence-electron chi connectivity index (χ2n) is 14.2. The van der Waals surface area contributed by atoms with Crippen LogP contribution in [0.25, 0.3) is 34.4 Å². The summed E-state index contributed by atoms with van der Waals surface area (Å²) in [4.78, 5) is 19.8. The minimum absolute atomic E-state index is 0.0572. The van der Waals surface area contributed by atoms with Crippen LogP contribution >= 0.6 is 11.6 Å². The highest BCUT2D eigenvalue weighted by Crippen LogP contribution is 2.45. The van der Waals surface area contributed by atoms with E-state index in [0.717, 1.165) is 48.5 Å². The van der Waals surface area contributed by atoms with E-state index in [-0.39, 0.29) is 21.7 Å². The second-order valence-corrected chi connectivity index (χ2v) is 14.6. The molecule has 2 aliphatic rings. The van der Waals surface area contributed by atoms with Crippen molar-refractivity contribution in [2.75, 3.05) is 0 Å². The zero-order valence-electron chi connectivity index (χ0n) is 25.2. The van der Waals surface area contributed by atoms with Crippen molar-refractivity contribution in [3.63, 3.8) is 0 Å². The largest absolute Gasteiger partial charge is 0.243 e. The van der Waals surface area contributed by atoms with Gasteiger partial charge < -0.3 is 0 Å². The lowest BCUT2D eigenvalue weighted by Gasteiger charge is -2.39. The molecule has 4 aromatic heterocycles. The van der Waals surface area contributed by atoms with Gasteiger partial charge in [0.05, 0.1) is 34.2 Å². The molecule has 4 aromatic rings. The van der Waals surface area contributed by atoms with Crippen molar-refractivity contribution >= 4 is 11.6 Å². The fourth-order valence-electron chi connectivity index (χ4n) is 5.89. The van der Waals surface area contributed by atoms with E-state index < -0.39 is 0 Å². The highest BCUT2D eigenvalue weighted by molar-refractivity contribution is 6.31. The van der Waals surface area contributed by atoms with Crippen LogP contribution in [0.5, 0.6) is 0 Å². The Morgan fingerprint density at radius 2 is 0.902 bits per heavy atom. The highest BCUT2D eigenvalue weighted by Gasteiger charge is 2.41. The Morgan fingerprint density at radius 3 is 1.44 bits per heavy atom. The molecule has 0 aliphatic heterocycles. The number of hydrogen-bond donors (Lipinski definition) is 0. The molecule has 0 atom stereocenters. The molecule has 0 unspecified atom stereocenters. The summed E-state index contributed by atoms with van der Waals surface area (Å²) >= 11 is 6.61. The minimum Gasteiger partial charge on any atom is -0.243 e. The van der Waals surface area contributed by atoms with Gasteiger partial charge in [0.25, 0.3) is 0 Å². The van der Waals surface area contributed by atoms with Gasteiger partial charge in [-0.05, 0) is 49.9 Å². The van der Waals surface area contributed by atoms with Crippen LogP contribution in [-0.4, -0.2) is 40.3 Å². The zero-order chi connectivity index (χ0) is 29.4. The monoisotopic (exact) mass is 568 g/mol. The maximum absolute atomic E-state index is 6.61. The number of halogens is 1. The van der Waals surface area contributed by atoms with Crippen LogP contribution in [0.1, 0.15) is 104 Å². The van der Waals surface area contributed by atoms with Gasteiger partial charge in [-0.25, -0.2) is 19.9 Å². The first kappa shape index (κ1) is 27.8. The fraction of sp³-hybridized carbons (Fsp3) is 0.500. The van der Waals surface area contributed by atoms with E-state index in [4.69, 9.17) is 31.5 Å². The SMILES string of the molecule is CC1(C)CCC(C)(C)c2nc(-c3cccc(-c4cc(Cl)cc(-c5nnc6c(n5)C(C)(C)CCC6(C)C)n4)n3)nnc21. The Hall–Kier alpha value is -3.39. The Balaban J connectivity index is 1.40. The first-order valence-corrected chi connectivity index (χ1v) is 14.7. The van der Waals surface area contributed by atoms with Crippen molar-refractivity contribution in [1.29, 1.82) is 0 Å². The van der Waals surface area contributed by atoms with E-state index in [1.807, 2.05) is 18.2 Å². The number of rotatable bonds is 3. The molecule has 0 amide bonds. The number of fused-ring (bicyclic) bond motifs is 2. The summed E-state index contributed by atoms with van der Waals surface area (Å²) in [6.07, 6.45) is 4.17. The fourth-order valence-corrected chi connectivity index (χ4v) is 6.10. The second kappa shape index (κ2) is 9.31. The minimum atomic E-state index is -0.0977. The molecule has 9 heteroatoms. The summed E-state index contributed by atoms with van der Waals surface area (Å²) < 4.78 is 0. The molecule has 2 aliphatic carbocycles. The van der Waals surface area contributed by atoms with Crippen molar-refractivity contribution in [2.45, 2.75) is 103 Å². The summed E-state index contributed by atoms with van der Waals surface area (Å²) in [5.74, 6) is 0.965. The average molecular weight is 569 g/mol. The van der Waals surface area contributed by atoms with Gasteiger partial charge in [-0.2, -0.15) is 10.2 Å². The third-order valence-corrected chi connectivity index (χ3v) is 9.17. The lowest BCUT2D eigenvalue weighted by atomic mass is 9.67. The van der Waals surface area contributed by atoms with Gasteiger partial charge in [0, 0.05) is 26.7 Å². The van der Waals surface area contributed by atoms with Crippen molar-refractivity contribution in [3.05, 3.63) is 58.1 Å². The molecule has 4 heterocycles. The summed E-state index contributed by atoms with van der Waals surface area (Å²) in [6, 6.07) is 9.31. The third-order valence-electron chi connectivity index (χ3n) is 8.95. The standard InChI is InChI=1S/C32H37ClN8/c1-29(2)12-14-31(5,6)25-23(29)36-27(40-38-25)20-11-9-10-19(34-20)21-16-18(33)17-22(35-21)28-37-24-26(39-41-28)32(7,8)15-13-30(24,3)4/h9-11,16-17H,12-15H2,1-8H3. The number of aromatic nitrogens is 8. The van der Waals surface area contributed by atoms with Crippen LogP contribution in [0.3, 0.4) is 0 Å². The van der Waals surface area contributed by atoms with E-state index >= 15 is 0 Å². The molecule has 212 valence electrons. The predicted molar refractivity (Wildman–Crippen MR) is 161 cm³/mol. The van der Waals surface area contributed by atoms with E-state index in [1.165, 1.54) is 0 Å². The Bertz CT molecular complexity index is 1670. The normalized spacial score (nSPS) is 19.7. The Kier molecular flexibility index (Phi) is 6.31. The molecule has 6 rings (SSSR count). The zero-order valence-corrected chi connectivity index (χ0v) is 25.9. The van der Waals surface area contributed by atoms with E-state index in [0.29, 0.717) is 39.4 Å². The van der Waals surface area contributed by atoms with Crippen LogP contribution < -0.4 is 0 Å². The van der Waals surface area contributed by atoms with Crippen molar-refractivity contribution in [1.82, 2.24) is 40.3 Å². The number of pyridine rings is 2. The maximum atomic E-state index is 6.61. The van der Waals surface area contributed by atoms with Gasteiger partial charge in [0.15, 0.2) is 0 Å².